The van der Waals surface area contributed by atoms with Crippen molar-refractivity contribution < 1.29 is 4.74 Å². The highest BCUT2D eigenvalue weighted by molar-refractivity contribution is 7.97. The van der Waals surface area contributed by atoms with Gasteiger partial charge >= 0.3 is 0 Å². The van der Waals surface area contributed by atoms with Gasteiger partial charge in [0.25, 0.3) is 0 Å². The van der Waals surface area contributed by atoms with Crippen LogP contribution in [0.15, 0.2) is 29.2 Å². The van der Waals surface area contributed by atoms with Crippen molar-refractivity contribution in [1.29, 1.82) is 0 Å². The molecule has 1 aromatic rings. The van der Waals surface area contributed by atoms with Gasteiger partial charge in [0.2, 0.25) is 0 Å². The molecular weight excluding hydrogens is 304 g/mol. The second kappa shape index (κ2) is 8.52. The van der Waals surface area contributed by atoms with Crippen molar-refractivity contribution in [2.45, 2.75) is 38.1 Å². The third-order valence-electron chi connectivity index (χ3n) is 5.02. The number of likely N-dealkylation sites (tertiary alicyclic amines) is 1. The maximum absolute atomic E-state index is 5.41. The number of hydrogen-bond acceptors (Lipinski definition) is 4. The van der Waals surface area contributed by atoms with Crippen molar-refractivity contribution in [3.8, 4) is 0 Å². The second-order valence-electron chi connectivity index (χ2n) is 7.16. The van der Waals surface area contributed by atoms with Gasteiger partial charge in [0.15, 0.2) is 0 Å². The Bertz CT molecular complexity index is 471. The molecule has 0 radical (unpaired) electrons. The standard InChI is InChI=1S/C19H30N2OS/c1-16(2)18-4-3-9-20(15-18)14-17-5-7-19(8-6-17)23-21-10-12-22-13-11-21/h5-8,16,18H,3-4,9-15H2,1-2H3. The minimum absolute atomic E-state index is 0.810. The molecule has 0 aromatic heterocycles. The molecule has 2 aliphatic heterocycles. The van der Waals surface area contributed by atoms with Crippen LogP contribution in [0.2, 0.25) is 0 Å². The number of morpholine rings is 1. The topological polar surface area (TPSA) is 15.7 Å². The highest BCUT2D eigenvalue weighted by Crippen LogP contribution is 2.26. The van der Waals surface area contributed by atoms with E-state index in [1.807, 2.05) is 11.9 Å². The van der Waals surface area contributed by atoms with E-state index in [0.717, 1.165) is 44.7 Å². The second-order valence-corrected chi connectivity index (χ2v) is 8.33. The number of nitrogens with zero attached hydrogens (tertiary/aromatic N) is 2. The summed E-state index contributed by atoms with van der Waals surface area (Å²) in [6, 6.07) is 9.17. The molecule has 3 nitrogen and oxygen atoms in total. The van der Waals surface area contributed by atoms with Crippen LogP contribution in [0, 0.1) is 11.8 Å². The molecule has 0 spiro atoms. The van der Waals surface area contributed by atoms with Crippen molar-refractivity contribution in [3.05, 3.63) is 29.8 Å². The molecule has 2 fully saturated rings. The van der Waals surface area contributed by atoms with Gasteiger partial charge < -0.3 is 4.74 Å². The normalized spacial score (nSPS) is 24.2. The summed E-state index contributed by atoms with van der Waals surface area (Å²) < 4.78 is 7.81. The fourth-order valence-electron chi connectivity index (χ4n) is 3.48. The van der Waals surface area contributed by atoms with Crippen LogP contribution in [0.3, 0.4) is 0 Å². The molecule has 1 unspecified atom stereocenters. The van der Waals surface area contributed by atoms with Crippen LogP contribution >= 0.6 is 11.9 Å². The van der Waals surface area contributed by atoms with Gasteiger partial charge in [0.05, 0.1) is 13.2 Å². The molecule has 0 bridgehead atoms. The monoisotopic (exact) mass is 334 g/mol. The molecule has 2 aliphatic rings. The van der Waals surface area contributed by atoms with E-state index in [1.165, 1.54) is 36.4 Å². The van der Waals surface area contributed by atoms with E-state index in [9.17, 15) is 0 Å². The molecular formula is C19H30N2OS. The number of benzene rings is 1. The lowest BCUT2D eigenvalue weighted by atomic mass is 9.88. The Hall–Kier alpha value is -0.550. The van der Waals surface area contributed by atoms with E-state index in [2.05, 4.69) is 47.3 Å². The first kappa shape index (κ1) is 17.3. The van der Waals surface area contributed by atoms with E-state index in [1.54, 1.807) is 0 Å². The van der Waals surface area contributed by atoms with E-state index in [0.29, 0.717) is 0 Å². The molecule has 23 heavy (non-hydrogen) atoms. The minimum Gasteiger partial charge on any atom is -0.379 e. The number of rotatable bonds is 5. The Morgan fingerprint density at radius 2 is 1.87 bits per heavy atom. The van der Waals surface area contributed by atoms with Crippen LogP contribution in [0.25, 0.3) is 0 Å². The highest BCUT2D eigenvalue weighted by Gasteiger charge is 2.22. The predicted molar refractivity (Wildman–Crippen MR) is 97.5 cm³/mol. The van der Waals surface area contributed by atoms with E-state index < -0.39 is 0 Å². The Morgan fingerprint density at radius 3 is 2.57 bits per heavy atom. The Labute approximate surface area is 145 Å². The first-order chi connectivity index (χ1) is 11.2. The summed E-state index contributed by atoms with van der Waals surface area (Å²) in [5.41, 5.74) is 1.45. The van der Waals surface area contributed by atoms with E-state index in [-0.39, 0.29) is 0 Å². The average molecular weight is 335 g/mol. The smallest absolute Gasteiger partial charge is 0.0603 e. The first-order valence-electron chi connectivity index (χ1n) is 9.02. The van der Waals surface area contributed by atoms with Crippen molar-refractivity contribution in [2.24, 2.45) is 11.8 Å². The lowest BCUT2D eigenvalue weighted by Crippen LogP contribution is -2.36. The molecule has 0 amide bonds. The van der Waals surface area contributed by atoms with Crippen LogP contribution in [-0.2, 0) is 11.3 Å². The number of ether oxygens (including phenoxy) is 1. The first-order valence-corrected chi connectivity index (χ1v) is 9.80. The van der Waals surface area contributed by atoms with Crippen LogP contribution in [0.5, 0.6) is 0 Å². The van der Waals surface area contributed by atoms with Crippen LogP contribution in [-0.4, -0.2) is 48.6 Å². The molecule has 3 rings (SSSR count). The van der Waals surface area contributed by atoms with E-state index >= 15 is 0 Å². The van der Waals surface area contributed by atoms with Gasteiger partial charge in [-0.25, -0.2) is 4.31 Å². The van der Waals surface area contributed by atoms with Gasteiger partial charge in [0, 0.05) is 31.1 Å². The third-order valence-corrected chi connectivity index (χ3v) is 6.13. The molecule has 128 valence electrons. The van der Waals surface area contributed by atoms with Gasteiger partial charge in [-0.15, -0.1) is 0 Å². The zero-order valence-corrected chi connectivity index (χ0v) is 15.4. The predicted octanol–water partition coefficient (Wildman–Crippen LogP) is 3.89. The van der Waals surface area contributed by atoms with Crippen molar-refractivity contribution in [2.75, 3.05) is 39.4 Å². The molecule has 0 saturated carbocycles. The fraction of sp³-hybridized carbons (Fsp3) is 0.684. The lowest BCUT2D eigenvalue weighted by molar-refractivity contribution is 0.0773. The third kappa shape index (κ3) is 5.21. The summed E-state index contributed by atoms with van der Waals surface area (Å²) >= 11 is 1.86. The van der Waals surface area contributed by atoms with Crippen LogP contribution in [0.1, 0.15) is 32.3 Å². The van der Waals surface area contributed by atoms with Gasteiger partial charge in [0.1, 0.15) is 0 Å². The molecule has 1 atom stereocenters. The van der Waals surface area contributed by atoms with E-state index in [4.69, 9.17) is 4.74 Å². The zero-order valence-electron chi connectivity index (χ0n) is 14.5. The molecule has 4 heteroatoms. The van der Waals surface area contributed by atoms with Gasteiger partial charge in [-0.3, -0.25) is 4.90 Å². The number of hydrogen-bond donors (Lipinski definition) is 0. The SMILES string of the molecule is CC(C)C1CCCN(Cc2ccc(SN3CCOCC3)cc2)C1. The van der Waals surface area contributed by atoms with Crippen LogP contribution < -0.4 is 0 Å². The summed E-state index contributed by atoms with van der Waals surface area (Å²) in [5, 5.41) is 0. The maximum atomic E-state index is 5.41. The van der Waals surface area contributed by atoms with Crippen molar-refractivity contribution in [1.82, 2.24) is 9.21 Å². The Kier molecular flexibility index (Phi) is 6.40. The highest BCUT2D eigenvalue weighted by atomic mass is 32.2. The maximum Gasteiger partial charge on any atom is 0.0603 e. The summed E-state index contributed by atoms with van der Waals surface area (Å²) in [6.07, 6.45) is 2.76. The molecule has 1 aromatic carbocycles. The Balaban J connectivity index is 1.50. The molecule has 0 N–H and O–H groups in total. The van der Waals surface area contributed by atoms with Crippen molar-refractivity contribution in [3.63, 3.8) is 0 Å². The summed E-state index contributed by atoms with van der Waals surface area (Å²) in [4.78, 5) is 3.98. The zero-order chi connectivity index (χ0) is 16.1. The lowest BCUT2D eigenvalue weighted by Gasteiger charge is -2.34. The molecule has 2 heterocycles. The summed E-state index contributed by atoms with van der Waals surface area (Å²) in [7, 11) is 0. The van der Waals surface area contributed by atoms with Gasteiger partial charge in [-0.2, -0.15) is 0 Å². The summed E-state index contributed by atoms with van der Waals surface area (Å²) in [6.45, 7) is 12.1. The largest absolute Gasteiger partial charge is 0.379 e. The molecule has 0 aliphatic carbocycles. The number of piperidine rings is 1. The van der Waals surface area contributed by atoms with Gasteiger partial charge in [-0.1, -0.05) is 26.0 Å². The Morgan fingerprint density at radius 1 is 1.13 bits per heavy atom. The quantitative estimate of drug-likeness (QED) is 0.759. The molecule has 2 saturated heterocycles. The van der Waals surface area contributed by atoms with Crippen molar-refractivity contribution >= 4 is 11.9 Å². The van der Waals surface area contributed by atoms with Gasteiger partial charge in [-0.05, 0) is 60.9 Å². The van der Waals surface area contributed by atoms with Crippen LogP contribution in [0.4, 0.5) is 0 Å². The fourth-order valence-corrected chi connectivity index (χ4v) is 4.37. The minimum atomic E-state index is 0.810. The average Bonchev–Trinajstić information content (AvgIpc) is 2.58. The summed E-state index contributed by atoms with van der Waals surface area (Å²) in [5.74, 6) is 1.69.